The second-order valence-corrected chi connectivity index (χ2v) is 6.86. The molecule has 0 aliphatic carbocycles. The van der Waals surface area contributed by atoms with Crippen LogP contribution in [0.3, 0.4) is 0 Å². The van der Waals surface area contributed by atoms with Gasteiger partial charge in [-0.2, -0.15) is 0 Å². The fourth-order valence-electron chi connectivity index (χ4n) is 2.55. The zero-order valence-electron chi connectivity index (χ0n) is 12.4. The topological polar surface area (TPSA) is 58.1 Å². The van der Waals surface area contributed by atoms with Crippen molar-refractivity contribution >= 4 is 34.0 Å². The fraction of sp³-hybridized carbons (Fsp3) is 0.400. The minimum absolute atomic E-state index is 0.0700. The Labute approximate surface area is 142 Å². The molecule has 1 aromatic carbocycles. The van der Waals surface area contributed by atoms with Gasteiger partial charge in [-0.3, -0.25) is 15.0 Å². The summed E-state index contributed by atoms with van der Waals surface area (Å²) in [6.07, 6.45) is 3.68. The summed E-state index contributed by atoms with van der Waals surface area (Å²) in [5, 5.41) is 11.9. The molecule has 122 valence electrons. The molecular formula is C15H16ClFN4OS. The Morgan fingerprint density at radius 2 is 2.09 bits per heavy atom. The maximum Gasteiger partial charge on any atom is 0.261 e. The number of rotatable bonds is 4. The molecule has 1 saturated heterocycles. The van der Waals surface area contributed by atoms with Gasteiger partial charge in [-0.15, -0.1) is 10.2 Å². The number of carbonyl (C=O) groups excluding carboxylic acids is 1. The molecule has 1 fully saturated rings. The molecule has 1 N–H and O–H groups in total. The van der Waals surface area contributed by atoms with Gasteiger partial charge in [0, 0.05) is 0 Å². The van der Waals surface area contributed by atoms with Gasteiger partial charge in [-0.25, -0.2) is 4.39 Å². The lowest BCUT2D eigenvalue weighted by Crippen LogP contribution is -2.28. The van der Waals surface area contributed by atoms with E-state index < -0.39 is 11.7 Å². The number of benzene rings is 1. The second kappa shape index (κ2) is 7.33. The Kier molecular flexibility index (Phi) is 5.20. The molecule has 2 aromatic rings. The molecule has 0 bridgehead atoms. The molecule has 1 aliphatic rings. The van der Waals surface area contributed by atoms with Gasteiger partial charge >= 0.3 is 0 Å². The third-order valence-corrected chi connectivity index (χ3v) is 4.82. The first-order valence-corrected chi connectivity index (χ1v) is 8.63. The summed E-state index contributed by atoms with van der Waals surface area (Å²) < 4.78 is 13.7. The number of amides is 1. The van der Waals surface area contributed by atoms with Crippen molar-refractivity contribution < 1.29 is 9.18 Å². The monoisotopic (exact) mass is 354 g/mol. The Bertz CT molecular complexity index is 682. The predicted molar refractivity (Wildman–Crippen MR) is 88.4 cm³/mol. The summed E-state index contributed by atoms with van der Waals surface area (Å²) >= 11 is 7.18. The van der Waals surface area contributed by atoms with E-state index in [0.717, 1.165) is 24.6 Å². The van der Waals surface area contributed by atoms with Crippen molar-refractivity contribution in [3.05, 3.63) is 39.6 Å². The van der Waals surface area contributed by atoms with Gasteiger partial charge in [0.2, 0.25) is 5.13 Å². The van der Waals surface area contributed by atoms with Crippen molar-refractivity contribution in [3.8, 4) is 0 Å². The number of likely N-dealkylation sites (tertiary alicyclic amines) is 1. The number of hydrogen-bond acceptors (Lipinski definition) is 5. The van der Waals surface area contributed by atoms with Crippen LogP contribution >= 0.6 is 22.9 Å². The summed E-state index contributed by atoms with van der Waals surface area (Å²) in [6.45, 7) is 2.85. The first-order valence-electron chi connectivity index (χ1n) is 7.43. The molecule has 1 amide bonds. The van der Waals surface area contributed by atoms with Crippen LogP contribution < -0.4 is 5.32 Å². The van der Waals surface area contributed by atoms with E-state index in [-0.39, 0.29) is 10.6 Å². The molecule has 1 aliphatic heterocycles. The van der Waals surface area contributed by atoms with Crippen molar-refractivity contribution in [1.29, 1.82) is 0 Å². The molecule has 0 saturated carbocycles. The van der Waals surface area contributed by atoms with E-state index in [9.17, 15) is 9.18 Å². The number of nitrogens with one attached hydrogen (secondary N) is 1. The number of hydrogen-bond donors (Lipinski definition) is 1. The summed E-state index contributed by atoms with van der Waals surface area (Å²) in [6, 6.07) is 4.13. The van der Waals surface area contributed by atoms with Crippen molar-refractivity contribution in [2.45, 2.75) is 25.8 Å². The maximum absolute atomic E-state index is 13.7. The highest BCUT2D eigenvalue weighted by Crippen LogP contribution is 2.23. The lowest BCUT2D eigenvalue weighted by Gasteiger charge is -2.24. The van der Waals surface area contributed by atoms with Crippen LogP contribution in [-0.4, -0.2) is 34.1 Å². The summed E-state index contributed by atoms with van der Waals surface area (Å²) in [7, 11) is 0. The Hall–Kier alpha value is -1.57. The number of piperidine rings is 1. The standard InChI is InChI=1S/C15H16ClFN4OS/c16-10-5-4-6-11(17)13(10)14(22)18-15-20-19-12(23-15)9-21-7-2-1-3-8-21/h4-6H,1-3,7-9H2,(H,18,20,22). The lowest BCUT2D eigenvalue weighted by molar-refractivity contribution is 0.102. The molecule has 23 heavy (non-hydrogen) atoms. The van der Waals surface area contributed by atoms with Crippen LogP contribution in [0.2, 0.25) is 5.02 Å². The van der Waals surface area contributed by atoms with E-state index in [4.69, 9.17) is 11.6 Å². The van der Waals surface area contributed by atoms with Crippen LogP contribution in [0.1, 0.15) is 34.6 Å². The average molecular weight is 355 g/mol. The lowest BCUT2D eigenvalue weighted by atomic mass is 10.1. The Morgan fingerprint density at radius 1 is 1.30 bits per heavy atom. The first kappa shape index (κ1) is 16.3. The highest BCUT2D eigenvalue weighted by atomic mass is 35.5. The summed E-state index contributed by atoms with van der Waals surface area (Å²) in [5.74, 6) is -1.28. The minimum Gasteiger partial charge on any atom is -0.297 e. The number of aromatic nitrogens is 2. The number of anilines is 1. The zero-order valence-corrected chi connectivity index (χ0v) is 14.0. The van der Waals surface area contributed by atoms with E-state index in [1.165, 1.54) is 48.8 Å². The number of nitrogens with zero attached hydrogens (tertiary/aromatic N) is 3. The van der Waals surface area contributed by atoms with Gasteiger partial charge in [0.05, 0.1) is 17.1 Å². The summed E-state index contributed by atoms with van der Waals surface area (Å²) in [4.78, 5) is 14.5. The number of halogens is 2. The first-order chi connectivity index (χ1) is 11.1. The van der Waals surface area contributed by atoms with E-state index >= 15 is 0 Å². The van der Waals surface area contributed by atoms with E-state index in [0.29, 0.717) is 5.13 Å². The van der Waals surface area contributed by atoms with Crippen molar-refractivity contribution in [2.75, 3.05) is 18.4 Å². The molecule has 3 rings (SSSR count). The van der Waals surface area contributed by atoms with Crippen LogP contribution in [0.15, 0.2) is 18.2 Å². The zero-order chi connectivity index (χ0) is 16.2. The quantitative estimate of drug-likeness (QED) is 0.911. The van der Waals surface area contributed by atoms with Crippen LogP contribution in [-0.2, 0) is 6.54 Å². The predicted octanol–water partition coefficient (Wildman–Crippen LogP) is 3.57. The highest BCUT2D eigenvalue weighted by molar-refractivity contribution is 7.15. The van der Waals surface area contributed by atoms with Gasteiger partial charge in [-0.1, -0.05) is 35.4 Å². The van der Waals surface area contributed by atoms with Gasteiger partial charge in [0.25, 0.3) is 5.91 Å². The summed E-state index contributed by atoms with van der Waals surface area (Å²) in [5.41, 5.74) is -0.179. The van der Waals surface area contributed by atoms with E-state index in [1.807, 2.05) is 0 Å². The van der Waals surface area contributed by atoms with Gasteiger partial charge < -0.3 is 0 Å². The molecule has 2 heterocycles. The van der Waals surface area contributed by atoms with E-state index in [2.05, 4.69) is 20.4 Å². The van der Waals surface area contributed by atoms with Gasteiger partial charge in [-0.05, 0) is 38.1 Å². The third-order valence-electron chi connectivity index (χ3n) is 3.68. The van der Waals surface area contributed by atoms with Crippen molar-refractivity contribution in [1.82, 2.24) is 15.1 Å². The molecule has 0 radical (unpaired) electrons. The highest BCUT2D eigenvalue weighted by Gasteiger charge is 2.18. The van der Waals surface area contributed by atoms with Crippen LogP contribution in [0.4, 0.5) is 9.52 Å². The maximum atomic E-state index is 13.7. The molecule has 8 heteroatoms. The van der Waals surface area contributed by atoms with Gasteiger partial charge in [0.15, 0.2) is 0 Å². The van der Waals surface area contributed by atoms with Crippen molar-refractivity contribution in [3.63, 3.8) is 0 Å². The van der Waals surface area contributed by atoms with Gasteiger partial charge in [0.1, 0.15) is 10.8 Å². The normalized spacial score (nSPS) is 15.6. The van der Waals surface area contributed by atoms with Crippen molar-refractivity contribution in [2.24, 2.45) is 0 Å². The van der Waals surface area contributed by atoms with Crippen LogP contribution in [0.5, 0.6) is 0 Å². The van der Waals surface area contributed by atoms with E-state index in [1.54, 1.807) is 0 Å². The molecule has 0 spiro atoms. The molecule has 0 unspecified atom stereocenters. The largest absolute Gasteiger partial charge is 0.297 e. The number of carbonyl (C=O) groups is 1. The SMILES string of the molecule is O=C(Nc1nnc(CN2CCCCC2)s1)c1c(F)cccc1Cl. The fourth-order valence-corrected chi connectivity index (χ4v) is 3.58. The smallest absolute Gasteiger partial charge is 0.261 e. The Morgan fingerprint density at radius 3 is 2.83 bits per heavy atom. The van der Waals surface area contributed by atoms with Crippen LogP contribution in [0.25, 0.3) is 0 Å². The third kappa shape index (κ3) is 4.04. The second-order valence-electron chi connectivity index (χ2n) is 5.39. The van der Waals surface area contributed by atoms with Crippen LogP contribution in [0, 0.1) is 5.82 Å². The molecule has 5 nitrogen and oxygen atoms in total. The molecule has 1 aromatic heterocycles. The minimum atomic E-state index is -0.659. The Balaban J connectivity index is 1.65. The molecular weight excluding hydrogens is 339 g/mol. The average Bonchev–Trinajstić information content (AvgIpc) is 2.95. The molecule has 0 atom stereocenters.